The van der Waals surface area contributed by atoms with E-state index in [2.05, 4.69) is 0 Å². The quantitative estimate of drug-likeness (QED) is 0.644. The SMILES string of the molecule is CCOC(=O)c1ccc2c(C(=O)O)c(C(C)C)n(Cc3ccccc3)c2c1. The lowest BCUT2D eigenvalue weighted by molar-refractivity contribution is 0.0526. The lowest BCUT2D eigenvalue weighted by Crippen LogP contribution is -2.10. The van der Waals surface area contributed by atoms with E-state index in [4.69, 9.17) is 4.74 Å². The van der Waals surface area contributed by atoms with E-state index in [0.29, 0.717) is 29.7 Å². The highest BCUT2D eigenvalue weighted by atomic mass is 16.5. The summed E-state index contributed by atoms with van der Waals surface area (Å²) in [5.41, 5.74) is 3.26. The number of fused-ring (bicyclic) bond motifs is 1. The zero-order chi connectivity index (χ0) is 19.6. The Morgan fingerprint density at radius 2 is 1.81 bits per heavy atom. The fraction of sp³-hybridized carbons (Fsp3) is 0.273. The second-order valence-electron chi connectivity index (χ2n) is 6.74. The summed E-state index contributed by atoms with van der Waals surface area (Å²) in [6.07, 6.45) is 0. The van der Waals surface area contributed by atoms with Crippen molar-refractivity contribution >= 4 is 22.8 Å². The minimum absolute atomic E-state index is 0.0123. The first kappa shape index (κ1) is 18.7. The average molecular weight is 365 g/mol. The van der Waals surface area contributed by atoms with Crippen LogP contribution in [-0.2, 0) is 11.3 Å². The number of rotatable bonds is 6. The summed E-state index contributed by atoms with van der Waals surface area (Å²) in [6, 6.07) is 14.9. The van der Waals surface area contributed by atoms with Crippen LogP contribution in [0.3, 0.4) is 0 Å². The Bertz CT molecular complexity index is 986. The fourth-order valence-electron chi connectivity index (χ4n) is 3.47. The third-order valence-corrected chi connectivity index (χ3v) is 4.56. The van der Waals surface area contributed by atoms with E-state index in [0.717, 1.165) is 16.8 Å². The van der Waals surface area contributed by atoms with Crippen molar-refractivity contribution in [2.24, 2.45) is 0 Å². The number of hydrogen-bond donors (Lipinski definition) is 1. The molecule has 0 saturated carbocycles. The molecular formula is C22H23NO4. The molecule has 0 aliphatic carbocycles. The molecule has 0 radical (unpaired) electrons. The first-order valence-electron chi connectivity index (χ1n) is 9.04. The van der Waals surface area contributed by atoms with Crippen LogP contribution < -0.4 is 0 Å². The van der Waals surface area contributed by atoms with Crippen molar-refractivity contribution in [2.45, 2.75) is 33.2 Å². The van der Waals surface area contributed by atoms with Crippen LogP contribution in [0.4, 0.5) is 0 Å². The van der Waals surface area contributed by atoms with Crippen molar-refractivity contribution < 1.29 is 19.4 Å². The molecular weight excluding hydrogens is 342 g/mol. The smallest absolute Gasteiger partial charge is 0.338 e. The molecule has 3 rings (SSSR count). The van der Waals surface area contributed by atoms with E-state index in [1.165, 1.54) is 0 Å². The number of esters is 1. The van der Waals surface area contributed by atoms with Crippen LogP contribution in [0.1, 0.15) is 58.7 Å². The van der Waals surface area contributed by atoms with E-state index in [1.54, 1.807) is 25.1 Å². The molecule has 0 amide bonds. The van der Waals surface area contributed by atoms with Gasteiger partial charge >= 0.3 is 11.9 Å². The van der Waals surface area contributed by atoms with Crippen molar-refractivity contribution in [3.05, 3.63) is 70.9 Å². The highest BCUT2D eigenvalue weighted by Crippen LogP contribution is 2.33. The van der Waals surface area contributed by atoms with Gasteiger partial charge in [-0.15, -0.1) is 0 Å². The van der Waals surface area contributed by atoms with Crippen LogP contribution in [0.25, 0.3) is 10.9 Å². The van der Waals surface area contributed by atoms with Crippen LogP contribution in [0.15, 0.2) is 48.5 Å². The van der Waals surface area contributed by atoms with Crippen LogP contribution >= 0.6 is 0 Å². The summed E-state index contributed by atoms with van der Waals surface area (Å²) in [5.74, 6) is -1.35. The maximum atomic E-state index is 12.2. The average Bonchev–Trinajstić information content (AvgIpc) is 2.97. The zero-order valence-electron chi connectivity index (χ0n) is 15.7. The Morgan fingerprint density at radius 3 is 2.41 bits per heavy atom. The number of carbonyl (C=O) groups excluding carboxylic acids is 1. The third-order valence-electron chi connectivity index (χ3n) is 4.56. The number of aromatic nitrogens is 1. The molecule has 0 spiro atoms. The number of ether oxygens (including phenoxy) is 1. The van der Waals surface area contributed by atoms with Crippen molar-refractivity contribution in [2.75, 3.05) is 6.61 Å². The number of nitrogens with zero attached hydrogens (tertiary/aromatic N) is 1. The van der Waals surface area contributed by atoms with Crippen molar-refractivity contribution in [1.29, 1.82) is 0 Å². The molecule has 1 N–H and O–H groups in total. The summed E-state index contributed by atoms with van der Waals surface area (Å²) in [7, 11) is 0. The van der Waals surface area contributed by atoms with Gasteiger partial charge in [0.05, 0.1) is 23.3 Å². The minimum atomic E-state index is -0.959. The molecule has 5 nitrogen and oxygen atoms in total. The molecule has 0 aliphatic rings. The van der Waals surface area contributed by atoms with Gasteiger partial charge in [-0.05, 0) is 30.5 Å². The number of hydrogen-bond acceptors (Lipinski definition) is 3. The molecule has 27 heavy (non-hydrogen) atoms. The molecule has 1 aromatic heterocycles. The largest absolute Gasteiger partial charge is 0.478 e. The first-order valence-corrected chi connectivity index (χ1v) is 9.04. The van der Waals surface area contributed by atoms with E-state index >= 15 is 0 Å². The summed E-state index contributed by atoms with van der Waals surface area (Å²) in [4.78, 5) is 24.2. The van der Waals surface area contributed by atoms with Gasteiger partial charge in [0.25, 0.3) is 0 Å². The lowest BCUT2D eigenvalue weighted by Gasteiger charge is -2.14. The van der Waals surface area contributed by atoms with Gasteiger partial charge in [-0.3, -0.25) is 0 Å². The molecule has 2 aromatic carbocycles. The van der Waals surface area contributed by atoms with E-state index in [-0.39, 0.29) is 5.92 Å². The fourth-order valence-corrected chi connectivity index (χ4v) is 3.47. The molecule has 0 bridgehead atoms. The van der Waals surface area contributed by atoms with Gasteiger partial charge in [0.2, 0.25) is 0 Å². The van der Waals surface area contributed by atoms with Gasteiger partial charge in [-0.1, -0.05) is 50.2 Å². The summed E-state index contributed by atoms with van der Waals surface area (Å²) in [6.45, 7) is 6.54. The highest BCUT2D eigenvalue weighted by molar-refractivity contribution is 6.07. The molecule has 0 saturated heterocycles. The number of carbonyl (C=O) groups is 2. The molecule has 3 aromatic rings. The summed E-state index contributed by atoms with van der Waals surface area (Å²) >= 11 is 0. The van der Waals surface area contributed by atoms with E-state index < -0.39 is 11.9 Å². The Labute approximate surface area is 158 Å². The zero-order valence-corrected chi connectivity index (χ0v) is 15.7. The first-order chi connectivity index (χ1) is 12.9. The second kappa shape index (κ2) is 7.66. The second-order valence-corrected chi connectivity index (χ2v) is 6.74. The molecule has 0 fully saturated rings. The maximum Gasteiger partial charge on any atom is 0.338 e. The predicted molar refractivity (Wildman–Crippen MR) is 104 cm³/mol. The van der Waals surface area contributed by atoms with Gasteiger partial charge in [0, 0.05) is 17.6 Å². The van der Waals surface area contributed by atoms with Crippen molar-refractivity contribution in [1.82, 2.24) is 4.57 Å². The molecule has 5 heteroatoms. The lowest BCUT2D eigenvalue weighted by atomic mass is 10.0. The number of benzene rings is 2. The Hall–Kier alpha value is -3.08. The highest BCUT2D eigenvalue weighted by Gasteiger charge is 2.25. The Balaban J connectivity index is 2.27. The molecule has 0 atom stereocenters. The normalized spacial score (nSPS) is 11.1. The van der Waals surface area contributed by atoms with Gasteiger partial charge in [-0.2, -0.15) is 0 Å². The van der Waals surface area contributed by atoms with Crippen LogP contribution in [0.5, 0.6) is 0 Å². The number of carboxylic acids is 1. The number of carboxylic acid groups (broad SMARTS) is 1. The van der Waals surface area contributed by atoms with Crippen LogP contribution in [0, 0.1) is 0 Å². The van der Waals surface area contributed by atoms with Gasteiger partial charge in [0.1, 0.15) is 0 Å². The van der Waals surface area contributed by atoms with Gasteiger partial charge < -0.3 is 14.4 Å². The van der Waals surface area contributed by atoms with E-state index in [9.17, 15) is 14.7 Å². The third kappa shape index (κ3) is 3.58. The number of aromatic carboxylic acids is 1. The topological polar surface area (TPSA) is 68.5 Å². The molecule has 0 aliphatic heterocycles. The summed E-state index contributed by atoms with van der Waals surface area (Å²) in [5, 5.41) is 10.5. The maximum absolute atomic E-state index is 12.2. The van der Waals surface area contributed by atoms with E-state index in [1.807, 2.05) is 48.7 Å². The Morgan fingerprint density at radius 1 is 1.11 bits per heavy atom. The predicted octanol–water partition coefficient (Wildman–Crippen LogP) is 4.69. The molecule has 140 valence electrons. The van der Waals surface area contributed by atoms with Gasteiger partial charge in [0.15, 0.2) is 0 Å². The van der Waals surface area contributed by atoms with Gasteiger partial charge in [-0.25, -0.2) is 9.59 Å². The molecule has 0 unspecified atom stereocenters. The van der Waals surface area contributed by atoms with Crippen LogP contribution in [-0.4, -0.2) is 28.2 Å². The minimum Gasteiger partial charge on any atom is -0.478 e. The standard InChI is InChI=1S/C22H23NO4/c1-4-27-22(26)16-10-11-17-18(12-16)23(13-15-8-6-5-7-9-15)20(14(2)3)19(17)21(24)25/h5-12,14H,4,13H2,1-3H3,(H,24,25). The van der Waals surface area contributed by atoms with Crippen LogP contribution in [0.2, 0.25) is 0 Å². The molecule has 1 heterocycles. The Kier molecular flexibility index (Phi) is 5.31. The van der Waals surface area contributed by atoms with Crippen molar-refractivity contribution in [3.63, 3.8) is 0 Å². The summed E-state index contributed by atoms with van der Waals surface area (Å²) < 4.78 is 7.10. The monoisotopic (exact) mass is 365 g/mol. The van der Waals surface area contributed by atoms with Crippen molar-refractivity contribution in [3.8, 4) is 0 Å².